The molecule has 4 aromatic rings. The molecule has 0 unspecified atom stereocenters. The number of benzene rings is 3. The Kier molecular flexibility index (Phi) is 6.80. The Morgan fingerprint density at radius 1 is 1.03 bits per heavy atom. The fourth-order valence-electron chi connectivity index (χ4n) is 3.20. The van der Waals surface area contributed by atoms with Crippen LogP contribution in [-0.2, 0) is 6.61 Å². The third kappa shape index (κ3) is 5.65. The van der Waals surface area contributed by atoms with Crippen molar-refractivity contribution in [2.75, 3.05) is 19.0 Å². The van der Waals surface area contributed by atoms with Gasteiger partial charge in [-0.15, -0.1) is 0 Å². The van der Waals surface area contributed by atoms with E-state index in [1.807, 2.05) is 97.9 Å². The molecule has 0 aliphatic heterocycles. The van der Waals surface area contributed by atoms with Gasteiger partial charge >= 0.3 is 0 Å². The Balaban J connectivity index is 1.41. The lowest BCUT2D eigenvalue weighted by atomic mass is 10.1. The van der Waals surface area contributed by atoms with Crippen molar-refractivity contribution in [2.24, 2.45) is 5.10 Å². The molecule has 0 spiro atoms. The summed E-state index contributed by atoms with van der Waals surface area (Å²) >= 11 is 0. The van der Waals surface area contributed by atoms with Crippen molar-refractivity contribution in [1.29, 1.82) is 0 Å². The maximum atomic E-state index is 12.5. The van der Waals surface area contributed by atoms with Gasteiger partial charge in [-0.2, -0.15) is 10.2 Å². The van der Waals surface area contributed by atoms with E-state index in [0.29, 0.717) is 23.7 Å². The van der Waals surface area contributed by atoms with Crippen molar-refractivity contribution in [3.63, 3.8) is 0 Å². The summed E-state index contributed by atoms with van der Waals surface area (Å²) in [5, 5.41) is 11.1. The van der Waals surface area contributed by atoms with Gasteiger partial charge in [0.1, 0.15) is 18.1 Å². The van der Waals surface area contributed by atoms with Gasteiger partial charge in [-0.1, -0.05) is 54.6 Å². The lowest BCUT2D eigenvalue weighted by Gasteiger charge is -2.11. The van der Waals surface area contributed by atoms with Crippen molar-refractivity contribution >= 4 is 17.8 Å². The molecule has 0 aliphatic rings. The van der Waals surface area contributed by atoms with Crippen LogP contribution in [0.2, 0.25) is 0 Å². The second-order valence-corrected chi connectivity index (χ2v) is 7.62. The molecule has 0 radical (unpaired) electrons. The third-order valence-electron chi connectivity index (χ3n) is 5.01. The number of amides is 1. The molecule has 7 nitrogen and oxygen atoms in total. The molecular weight excluding hydrogens is 414 g/mol. The third-order valence-corrected chi connectivity index (χ3v) is 5.01. The molecule has 0 saturated heterocycles. The van der Waals surface area contributed by atoms with Gasteiger partial charge in [0.2, 0.25) is 0 Å². The molecule has 2 N–H and O–H groups in total. The highest BCUT2D eigenvalue weighted by molar-refractivity contribution is 5.94. The number of carbonyl (C=O) groups excluding carboxylic acids is 1. The zero-order valence-corrected chi connectivity index (χ0v) is 18.5. The van der Waals surface area contributed by atoms with Crippen LogP contribution in [0.3, 0.4) is 0 Å². The average Bonchev–Trinajstić information content (AvgIpc) is 3.34. The Bertz CT molecular complexity index is 1230. The van der Waals surface area contributed by atoms with E-state index in [9.17, 15) is 4.79 Å². The first-order chi connectivity index (χ1) is 16.1. The molecule has 4 rings (SSSR count). The lowest BCUT2D eigenvalue weighted by Crippen LogP contribution is -2.18. The first-order valence-corrected chi connectivity index (χ1v) is 10.5. The number of aromatic amines is 1. The summed E-state index contributed by atoms with van der Waals surface area (Å²) in [7, 11) is 3.96. The molecule has 0 fully saturated rings. The Morgan fingerprint density at radius 3 is 2.52 bits per heavy atom. The number of ether oxygens (including phenoxy) is 1. The van der Waals surface area contributed by atoms with Gasteiger partial charge in [0.05, 0.1) is 11.9 Å². The number of hydrogen-bond donors (Lipinski definition) is 2. The van der Waals surface area contributed by atoms with Crippen molar-refractivity contribution in [3.05, 3.63) is 102 Å². The smallest absolute Gasteiger partial charge is 0.289 e. The van der Waals surface area contributed by atoms with Gasteiger partial charge in [-0.3, -0.25) is 9.89 Å². The highest BCUT2D eigenvalue weighted by Crippen LogP contribution is 2.29. The normalized spacial score (nSPS) is 10.8. The average molecular weight is 440 g/mol. The highest BCUT2D eigenvalue weighted by Gasteiger charge is 2.13. The predicted octanol–water partition coefficient (Wildman–Crippen LogP) is 4.49. The fourth-order valence-corrected chi connectivity index (χ4v) is 3.20. The minimum absolute atomic E-state index is 0.308. The summed E-state index contributed by atoms with van der Waals surface area (Å²) in [6.07, 6.45) is 1.60. The molecule has 0 saturated carbocycles. The standard InChI is InChI=1S/C26H25N5O2/c1-31(2)21-14-12-19(13-15-21)17-27-30-26(32)24-16-23(28-29-24)22-10-6-7-11-25(22)33-18-20-8-4-3-5-9-20/h3-17H,18H2,1-2H3,(H,28,29)(H,30,32). The number of aromatic nitrogens is 2. The van der Waals surface area contributed by atoms with Crippen LogP contribution in [-0.4, -0.2) is 36.4 Å². The van der Waals surface area contributed by atoms with E-state index in [-0.39, 0.29) is 5.91 Å². The quantitative estimate of drug-likeness (QED) is 0.313. The number of hydrogen-bond acceptors (Lipinski definition) is 5. The second kappa shape index (κ2) is 10.3. The first kappa shape index (κ1) is 21.8. The SMILES string of the molecule is CN(C)c1ccc(C=NNC(=O)c2cc(-c3ccccc3OCc3ccccc3)n[nH]2)cc1. The molecule has 0 bridgehead atoms. The first-order valence-electron chi connectivity index (χ1n) is 10.5. The van der Waals surface area contributed by atoms with Crippen LogP contribution in [0.25, 0.3) is 11.3 Å². The van der Waals surface area contributed by atoms with Gasteiger partial charge in [0, 0.05) is 25.3 Å². The number of nitrogens with one attached hydrogen (secondary N) is 2. The summed E-state index contributed by atoms with van der Waals surface area (Å²) in [5.74, 6) is 0.316. The molecule has 1 amide bonds. The molecule has 3 aromatic carbocycles. The highest BCUT2D eigenvalue weighted by atomic mass is 16.5. The molecule has 7 heteroatoms. The molecule has 1 aromatic heterocycles. The molecular formula is C26H25N5O2. The Morgan fingerprint density at radius 2 is 1.76 bits per heavy atom. The van der Waals surface area contributed by atoms with Gasteiger partial charge in [-0.05, 0) is 41.5 Å². The largest absolute Gasteiger partial charge is 0.488 e. The van der Waals surface area contributed by atoms with Gasteiger partial charge < -0.3 is 9.64 Å². The molecule has 33 heavy (non-hydrogen) atoms. The van der Waals surface area contributed by atoms with E-state index in [4.69, 9.17) is 4.74 Å². The van der Waals surface area contributed by atoms with E-state index in [1.54, 1.807) is 12.3 Å². The van der Waals surface area contributed by atoms with Crippen LogP contribution in [0.15, 0.2) is 90.0 Å². The lowest BCUT2D eigenvalue weighted by molar-refractivity contribution is 0.0950. The predicted molar refractivity (Wildman–Crippen MR) is 131 cm³/mol. The fraction of sp³-hybridized carbons (Fsp3) is 0.115. The minimum atomic E-state index is -0.377. The van der Waals surface area contributed by atoms with Crippen LogP contribution >= 0.6 is 0 Å². The Hall–Kier alpha value is -4.39. The summed E-state index contributed by atoms with van der Waals surface area (Å²) in [6.45, 7) is 0.444. The van der Waals surface area contributed by atoms with E-state index in [0.717, 1.165) is 22.4 Å². The van der Waals surface area contributed by atoms with Crippen molar-refractivity contribution < 1.29 is 9.53 Å². The van der Waals surface area contributed by atoms with E-state index in [2.05, 4.69) is 20.7 Å². The summed E-state index contributed by atoms with van der Waals surface area (Å²) < 4.78 is 6.00. The zero-order valence-electron chi connectivity index (χ0n) is 18.5. The maximum absolute atomic E-state index is 12.5. The van der Waals surface area contributed by atoms with Crippen LogP contribution < -0.4 is 15.1 Å². The number of para-hydroxylation sites is 1. The van der Waals surface area contributed by atoms with E-state index < -0.39 is 0 Å². The van der Waals surface area contributed by atoms with Crippen molar-refractivity contribution in [2.45, 2.75) is 6.61 Å². The van der Waals surface area contributed by atoms with Gasteiger partial charge in [0.25, 0.3) is 5.91 Å². The number of rotatable bonds is 8. The maximum Gasteiger partial charge on any atom is 0.289 e. The number of hydrazone groups is 1. The number of anilines is 1. The van der Waals surface area contributed by atoms with Crippen LogP contribution in [0.5, 0.6) is 5.75 Å². The van der Waals surface area contributed by atoms with Gasteiger partial charge in [-0.25, -0.2) is 5.43 Å². The summed E-state index contributed by atoms with van der Waals surface area (Å²) in [4.78, 5) is 14.5. The molecule has 0 atom stereocenters. The van der Waals surface area contributed by atoms with E-state index >= 15 is 0 Å². The second-order valence-electron chi connectivity index (χ2n) is 7.62. The number of carbonyl (C=O) groups is 1. The van der Waals surface area contributed by atoms with Crippen molar-refractivity contribution in [1.82, 2.24) is 15.6 Å². The summed E-state index contributed by atoms with van der Waals surface area (Å²) in [5.41, 5.74) is 7.30. The van der Waals surface area contributed by atoms with Crippen molar-refractivity contribution in [3.8, 4) is 17.0 Å². The number of H-pyrrole nitrogens is 1. The van der Waals surface area contributed by atoms with E-state index in [1.165, 1.54) is 0 Å². The minimum Gasteiger partial charge on any atom is -0.488 e. The monoisotopic (exact) mass is 439 g/mol. The zero-order chi connectivity index (χ0) is 23.0. The molecule has 1 heterocycles. The van der Waals surface area contributed by atoms with Gasteiger partial charge in [0.15, 0.2) is 0 Å². The topological polar surface area (TPSA) is 82.6 Å². The van der Waals surface area contributed by atoms with Crippen LogP contribution in [0.4, 0.5) is 5.69 Å². The summed E-state index contributed by atoms with van der Waals surface area (Å²) in [6, 6.07) is 27.1. The van der Waals surface area contributed by atoms with Crippen LogP contribution in [0.1, 0.15) is 21.6 Å². The molecule has 166 valence electrons. The Labute approximate surface area is 192 Å². The molecule has 0 aliphatic carbocycles. The van der Waals surface area contributed by atoms with Crippen LogP contribution in [0, 0.1) is 0 Å². The number of nitrogens with zero attached hydrogens (tertiary/aromatic N) is 3.